The van der Waals surface area contributed by atoms with Crippen molar-refractivity contribution in [1.82, 2.24) is 5.32 Å². The second kappa shape index (κ2) is 8.07. The maximum absolute atomic E-state index is 11.7. The molecule has 6 nitrogen and oxygen atoms in total. The Kier molecular flexibility index (Phi) is 5.86. The highest BCUT2D eigenvalue weighted by molar-refractivity contribution is 7.80. The highest BCUT2D eigenvalue weighted by atomic mass is 32.1. The average Bonchev–Trinajstić information content (AvgIpc) is 2.55. The lowest BCUT2D eigenvalue weighted by Crippen LogP contribution is -2.29. The van der Waals surface area contributed by atoms with Crippen molar-refractivity contribution in [1.29, 1.82) is 0 Å². The van der Waals surface area contributed by atoms with E-state index in [1.54, 1.807) is 24.3 Å². The van der Waals surface area contributed by atoms with Crippen LogP contribution in [0.2, 0.25) is 0 Å². The molecule has 0 saturated carbocycles. The highest BCUT2D eigenvalue weighted by Gasteiger charge is 2.07. The van der Waals surface area contributed by atoms with Crippen LogP contribution in [-0.4, -0.2) is 28.6 Å². The molecule has 0 heterocycles. The molecule has 7 heteroatoms. The minimum absolute atomic E-state index is 0.374. The fraction of sp³-hybridized carbons (Fsp3) is 0.118. The van der Waals surface area contributed by atoms with Crippen molar-refractivity contribution in [2.75, 3.05) is 17.2 Å². The number of hydrogen-bond donors (Lipinski definition) is 4. The zero-order valence-corrected chi connectivity index (χ0v) is 13.8. The van der Waals surface area contributed by atoms with Gasteiger partial charge in [0.1, 0.15) is 6.54 Å². The summed E-state index contributed by atoms with van der Waals surface area (Å²) in [5, 5.41) is 17.4. The standard InChI is InChI=1S/C17H17N3O3S/c1-11-2-6-13(7-3-11)19-17(24)20-14-8-4-12(5-9-14)16(23)18-10-15(21)22/h2-9H,10H2,1H3,(H,18,23)(H,21,22)(H2,19,20,24). The number of amides is 1. The summed E-state index contributed by atoms with van der Waals surface area (Å²) in [5.74, 6) is -1.53. The fourth-order valence-electron chi connectivity index (χ4n) is 1.89. The summed E-state index contributed by atoms with van der Waals surface area (Å²) in [5.41, 5.74) is 3.13. The second-order valence-electron chi connectivity index (χ2n) is 5.10. The Morgan fingerprint density at radius 1 is 0.958 bits per heavy atom. The third kappa shape index (κ3) is 5.36. The van der Waals surface area contributed by atoms with Crippen molar-refractivity contribution in [2.45, 2.75) is 6.92 Å². The minimum Gasteiger partial charge on any atom is -0.480 e. The number of rotatable bonds is 5. The lowest BCUT2D eigenvalue weighted by atomic mass is 10.2. The number of nitrogens with one attached hydrogen (secondary N) is 3. The van der Waals surface area contributed by atoms with Crippen LogP contribution in [0.1, 0.15) is 15.9 Å². The van der Waals surface area contributed by atoms with Gasteiger partial charge in [-0.05, 0) is 55.5 Å². The smallest absolute Gasteiger partial charge is 0.322 e. The fourth-order valence-corrected chi connectivity index (χ4v) is 2.13. The molecule has 0 bridgehead atoms. The molecule has 0 unspecified atom stereocenters. The molecule has 0 fully saturated rings. The number of carboxylic acid groups (broad SMARTS) is 1. The van der Waals surface area contributed by atoms with Crippen LogP contribution in [0, 0.1) is 6.92 Å². The quantitative estimate of drug-likeness (QED) is 0.624. The van der Waals surface area contributed by atoms with Crippen LogP contribution < -0.4 is 16.0 Å². The SMILES string of the molecule is Cc1ccc(NC(=S)Nc2ccc(C(=O)NCC(=O)O)cc2)cc1. The van der Waals surface area contributed by atoms with Gasteiger partial charge in [0, 0.05) is 16.9 Å². The van der Waals surface area contributed by atoms with Gasteiger partial charge in [0.15, 0.2) is 5.11 Å². The Morgan fingerprint density at radius 3 is 1.96 bits per heavy atom. The van der Waals surface area contributed by atoms with E-state index in [-0.39, 0.29) is 0 Å². The summed E-state index contributed by atoms with van der Waals surface area (Å²) in [7, 11) is 0. The van der Waals surface area contributed by atoms with E-state index >= 15 is 0 Å². The third-order valence-corrected chi connectivity index (χ3v) is 3.32. The molecule has 2 aromatic carbocycles. The van der Waals surface area contributed by atoms with Crippen LogP contribution in [0.4, 0.5) is 11.4 Å². The van der Waals surface area contributed by atoms with Gasteiger partial charge in [-0.1, -0.05) is 17.7 Å². The van der Waals surface area contributed by atoms with E-state index in [9.17, 15) is 9.59 Å². The van der Waals surface area contributed by atoms with E-state index in [2.05, 4.69) is 16.0 Å². The molecule has 4 N–H and O–H groups in total. The molecular formula is C17H17N3O3S. The maximum atomic E-state index is 11.7. The van der Waals surface area contributed by atoms with Crippen LogP contribution in [0.5, 0.6) is 0 Å². The van der Waals surface area contributed by atoms with Crippen LogP contribution in [0.15, 0.2) is 48.5 Å². The zero-order valence-electron chi connectivity index (χ0n) is 13.0. The molecule has 24 heavy (non-hydrogen) atoms. The summed E-state index contributed by atoms with van der Waals surface area (Å²) in [6.07, 6.45) is 0. The first-order valence-electron chi connectivity index (χ1n) is 7.19. The number of carbonyl (C=O) groups is 2. The lowest BCUT2D eigenvalue weighted by Gasteiger charge is -2.11. The normalized spacial score (nSPS) is 9.88. The second-order valence-corrected chi connectivity index (χ2v) is 5.51. The molecule has 0 aliphatic heterocycles. The Balaban J connectivity index is 1.91. The zero-order chi connectivity index (χ0) is 17.5. The first kappa shape index (κ1) is 17.4. The molecule has 2 aromatic rings. The number of anilines is 2. The van der Waals surface area contributed by atoms with E-state index in [0.29, 0.717) is 10.7 Å². The summed E-state index contributed by atoms with van der Waals surface area (Å²) in [6, 6.07) is 14.4. The lowest BCUT2D eigenvalue weighted by molar-refractivity contribution is -0.135. The van der Waals surface area contributed by atoms with E-state index in [4.69, 9.17) is 17.3 Å². The van der Waals surface area contributed by atoms with Gasteiger partial charge < -0.3 is 21.1 Å². The molecule has 0 aliphatic carbocycles. The number of carbonyl (C=O) groups excluding carboxylic acids is 1. The summed E-state index contributed by atoms with van der Waals surface area (Å²) in [4.78, 5) is 22.2. The predicted molar refractivity (Wildman–Crippen MR) is 97.4 cm³/mol. The average molecular weight is 343 g/mol. The first-order chi connectivity index (χ1) is 11.4. The molecule has 0 saturated heterocycles. The monoisotopic (exact) mass is 343 g/mol. The summed E-state index contributed by atoms with van der Waals surface area (Å²) < 4.78 is 0. The van der Waals surface area contributed by atoms with Gasteiger partial charge in [0.05, 0.1) is 0 Å². The highest BCUT2D eigenvalue weighted by Crippen LogP contribution is 2.12. The van der Waals surface area contributed by atoms with Gasteiger partial charge in [-0.25, -0.2) is 0 Å². The van der Waals surface area contributed by atoms with Crippen molar-refractivity contribution in [3.8, 4) is 0 Å². The molecule has 0 aromatic heterocycles. The molecular weight excluding hydrogens is 326 g/mol. The largest absolute Gasteiger partial charge is 0.480 e. The van der Waals surface area contributed by atoms with Crippen LogP contribution in [0.25, 0.3) is 0 Å². The van der Waals surface area contributed by atoms with Crippen molar-refractivity contribution in [3.63, 3.8) is 0 Å². The van der Waals surface area contributed by atoms with Crippen molar-refractivity contribution >= 4 is 40.6 Å². The predicted octanol–water partition coefficient (Wildman–Crippen LogP) is 2.62. The van der Waals surface area contributed by atoms with Crippen LogP contribution in [-0.2, 0) is 4.79 Å². The van der Waals surface area contributed by atoms with E-state index < -0.39 is 18.4 Å². The molecule has 0 radical (unpaired) electrons. The number of carboxylic acids is 1. The molecule has 0 spiro atoms. The molecule has 2 rings (SSSR count). The van der Waals surface area contributed by atoms with Crippen LogP contribution >= 0.6 is 12.2 Å². The van der Waals surface area contributed by atoms with Gasteiger partial charge in [-0.15, -0.1) is 0 Å². The van der Waals surface area contributed by atoms with Crippen molar-refractivity contribution in [2.24, 2.45) is 0 Å². The molecule has 0 aliphatic rings. The third-order valence-electron chi connectivity index (χ3n) is 3.11. The van der Waals surface area contributed by atoms with Gasteiger partial charge in [0.2, 0.25) is 0 Å². The number of hydrogen-bond acceptors (Lipinski definition) is 3. The number of aliphatic carboxylic acids is 1. The Morgan fingerprint density at radius 2 is 1.46 bits per heavy atom. The Bertz CT molecular complexity index is 743. The number of aryl methyl sites for hydroxylation is 1. The Hall–Kier alpha value is -2.93. The van der Waals surface area contributed by atoms with Crippen molar-refractivity contribution < 1.29 is 14.7 Å². The maximum Gasteiger partial charge on any atom is 0.322 e. The topological polar surface area (TPSA) is 90.5 Å². The summed E-state index contributed by atoms with van der Waals surface area (Å²) >= 11 is 5.24. The molecule has 124 valence electrons. The minimum atomic E-state index is -1.09. The van der Waals surface area contributed by atoms with Gasteiger partial charge in [-0.3, -0.25) is 9.59 Å². The van der Waals surface area contributed by atoms with Gasteiger partial charge >= 0.3 is 5.97 Å². The Labute approximate surface area is 144 Å². The van der Waals surface area contributed by atoms with E-state index in [0.717, 1.165) is 16.9 Å². The van der Waals surface area contributed by atoms with Crippen molar-refractivity contribution in [3.05, 3.63) is 59.7 Å². The first-order valence-corrected chi connectivity index (χ1v) is 7.59. The summed E-state index contributed by atoms with van der Waals surface area (Å²) in [6.45, 7) is 1.60. The molecule has 1 amide bonds. The van der Waals surface area contributed by atoms with E-state index in [1.807, 2.05) is 31.2 Å². The number of thiocarbonyl (C=S) groups is 1. The van der Waals surface area contributed by atoms with Gasteiger partial charge in [-0.2, -0.15) is 0 Å². The number of benzene rings is 2. The molecule has 0 atom stereocenters. The van der Waals surface area contributed by atoms with Crippen LogP contribution in [0.3, 0.4) is 0 Å². The van der Waals surface area contributed by atoms with E-state index in [1.165, 1.54) is 0 Å². The van der Waals surface area contributed by atoms with Gasteiger partial charge in [0.25, 0.3) is 5.91 Å².